The third kappa shape index (κ3) is 1.90. The van der Waals surface area contributed by atoms with E-state index in [1.165, 1.54) is 0 Å². The van der Waals surface area contributed by atoms with Crippen molar-refractivity contribution in [2.75, 3.05) is 0 Å². The molecule has 0 aliphatic heterocycles. The van der Waals surface area contributed by atoms with Gasteiger partial charge in [-0.15, -0.1) is 0 Å². The average molecular weight is 308 g/mol. The van der Waals surface area contributed by atoms with Gasteiger partial charge in [-0.1, -0.05) is 6.92 Å². The van der Waals surface area contributed by atoms with E-state index in [0.717, 1.165) is 32.1 Å². The fourth-order valence-corrected chi connectivity index (χ4v) is 6.75. The number of ketones is 1. The monoisotopic (exact) mass is 308 g/mol. The minimum absolute atomic E-state index is 0.0268. The Morgan fingerprint density at radius 1 is 1.05 bits per heavy atom. The minimum Gasteiger partial charge on any atom is -0.390 e. The summed E-state index contributed by atoms with van der Waals surface area (Å²) in [5, 5.41) is 10.3. The topological polar surface area (TPSA) is 37.3 Å². The number of hydrogen-bond donors (Lipinski definition) is 1. The second-order valence-corrected chi connectivity index (χ2v) is 9.20. The van der Waals surface area contributed by atoms with E-state index in [4.69, 9.17) is 0 Å². The quantitative estimate of drug-likeness (QED) is 0.733. The van der Waals surface area contributed by atoms with Crippen molar-refractivity contribution < 1.29 is 14.3 Å². The van der Waals surface area contributed by atoms with Crippen LogP contribution in [-0.4, -0.2) is 22.2 Å². The van der Waals surface area contributed by atoms with Gasteiger partial charge in [0.05, 0.1) is 5.60 Å². The van der Waals surface area contributed by atoms with E-state index in [-0.39, 0.29) is 17.3 Å². The SMILES string of the molecule is C[C@@]1(O)CC[C@@]2(F)[C@H](CC[C@@H]3[C@@H]2CC[C@]2(C)C(=O)CC[C@@H]32)C1. The maximum absolute atomic E-state index is 16.0. The maximum atomic E-state index is 16.0. The molecule has 0 heterocycles. The Kier molecular flexibility index (Phi) is 3.13. The molecule has 3 heteroatoms. The molecule has 0 radical (unpaired) electrons. The van der Waals surface area contributed by atoms with E-state index in [1.54, 1.807) is 0 Å². The summed E-state index contributed by atoms with van der Waals surface area (Å²) in [5.41, 5.74) is -1.93. The molecule has 4 rings (SSSR count). The number of halogens is 1. The molecule has 4 aliphatic carbocycles. The summed E-state index contributed by atoms with van der Waals surface area (Å²) in [7, 11) is 0. The molecule has 22 heavy (non-hydrogen) atoms. The number of aliphatic hydroxyl groups is 1. The van der Waals surface area contributed by atoms with Gasteiger partial charge >= 0.3 is 0 Å². The number of rotatable bonds is 0. The molecule has 4 fully saturated rings. The Labute approximate surface area is 132 Å². The first-order chi connectivity index (χ1) is 10.3. The zero-order chi connectivity index (χ0) is 15.8. The van der Waals surface area contributed by atoms with E-state index in [1.807, 2.05) is 6.92 Å². The molecule has 4 saturated carbocycles. The molecule has 0 saturated heterocycles. The Morgan fingerprint density at radius 3 is 2.59 bits per heavy atom. The van der Waals surface area contributed by atoms with E-state index in [9.17, 15) is 9.90 Å². The largest absolute Gasteiger partial charge is 0.390 e. The standard InChI is InChI=1S/C19H29FO2/c1-17(22)9-10-19(20)12(11-17)3-4-13-14-5-6-16(21)18(14,2)8-7-15(13)19/h12-15,22H,3-11H2,1-2H3/t12-,13+,14+,15+,17-,18+,19-/m1/s1. The Hall–Kier alpha value is -0.440. The zero-order valence-electron chi connectivity index (χ0n) is 13.9. The lowest BCUT2D eigenvalue weighted by atomic mass is 9.48. The average Bonchev–Trinajstić information content (AvgIpc) is 2.76. The van der Waals surface area contributed by atoms with Crippen LogP contribution in [0, 0.1) is 29.1 Å². The van der Waals surface area contributed by atoms with Gasteiger partial charge in [0.1, 0.15) is 11.5 Å². The van der Waals surface area contributed by atoms with Crippen LogP contribution >= 0.6 is 0 Å². The van der Waals surface area contributed by atoms with Crippen LogP contribution in [0.25, 0.3) is 0 Å². The van der Waals surface area contributed by atoms with Crippen LogP contribution in [0.1, 0.15) is 71.6 Å². The summed E-state index contributed by atoms with van der Waals surface area (Å²) in [6, 6.07) is 0. The summed E-state index contributed by atoms with van der Waals surface area (Å²) in [6.07, 6.45) is 7.13. The highest BCUT2D eigenvalue weighted by Crippen LogP contribution is 2.64. The highest BCUT2D eigenvalue weighted by atomic mass is 19.1. The molecular weight excluding hydrogens is 279 g/mol. The molecule has 0 amide bonds. The van der Waals surface area contributed by atoms with Gasteiger partial charge in [-0.25, -0.2) is 4.39 Å². The minimum atomic E-state index is -1.09. The van der Waals surface area contributed by atoms with Gasteiger partial charge in [-0.05, 0) is 82.0 Å². The van der Waals surface area contributed by atoms with Crippen LogP contribution in [-0.2, 0) is 4.79 Å². The van der Waals surface area contributed by atoms with E-state index in [2.05, 4.69) is 6.92 Å². The second-order valence-electron chi connectivity index (χ2n) is 9.20. The molecule has 7 atom stereocenters. The molecule has 1 N–H and O–H groups in total. The first kappa shape index (κ1) is 15.1. The van der Waals surface area contributed by atoms with Crippen molar-refractivity contribution in [3.8, 4) is 0 Å². The summed E-state index contributed by atoms with van der Waals surface area (Å²) < 4.78 is 16.0. The van der Waals surface area contributed by atoms with E-state index < -0.39 is 11.3 Å². The van der Waals surface area contributed by atoms with Gasteiger partial charge in [-0.2, -0.15) is 0 Å². The van der Waals surface area contributed by atoms with Crippen molar-refractivity contribution in [2.45, 2.75) is 82.9 Å². The third-order valence-corrected chi connectivity index (χ3v) is 8.02. The predicted molar refractivity (Wildman–Crippen MR) is 83.1 cm³/mol. The number of carbonyl (C=O) groups is 1. The van der Waals surface area contributed by atoms with Gasteiger partial charge in [0.15, 0.2) is 0 Å². The molecule has 0 aromatic carbocycles. The number of carbonyl (C=O) groups excluding carboxylic acids is 1. The Bertz CT molecular complexity index is 502. The van der Waals surface area contributed by atoms with Crippen LogP contribution in [0.4, 0.5) is 4.39 Å². The first-order valence-electron chi connectivity index (χ1n) is 9.21. The maximum Gasteiger partial charge on any atom is 0.139 e. The molecule has 0 spiro atoms. The molecule has 0 aromatic heterocycles. The van der Waals surface area contributed by atoms with E-state index in [0.29, 0.717) is 43.3 Å². The van der Waals surface area contributed by atoms with Crippen molar-refractivity contribution in [1.82, 2.24) is 0 Å². The summed E-state index contributed by atoms with van der Waals surface area (Å²) in [5.74, 6) is 1.40. The van der Waals surface area contributed by atoms with Crippen LogP contribution in [0.15, 0.2) is 0 Å². The summed E-state index contributed by atoms with van der Waals surface area (Å²) in [6.45, 7) is 4.01. The van der Waals surface area contributed by atoms with Crippen molar-refractivity contribution >= 4 is 5.78 Å². The van der Waals surface area contributed by atoms with Gasteiger partial charge in [0.25, 0.3) is 0 Å². The molecule has 4 aliphatic rings. The molecule has 2 nitrogen and oxygen atoms in total. The summed E-state index contributed by atoms with van der Waals surface area (Å²) in [4.78, 5) is 12.3. The van der Waals surface area contributed by atoms with Gasteiger partial charge in [0, 0.05) is 11.8 Å². The van der Waals surface area contributed by atoms with Crippen LogP contribution in [0.3, 0.4) is 0 Å². The fourth-order valence-electron chi connectivity index (χ4n) is 6.75. The van der Waals surface area contributed by atoms with Crippen molar-refractivity contribution in [3.05, 3.63) is 0 Å². The molecule has 0 aromatic rings. The number of alkyl halides is 1. The highest BCUT2D eigenvalue weighted by Gasteiger charge is 2.63. The number of Topliss-reactive ketones (excluding diaryl/α,β-unsaturated/α-hetero) is 1. The zero-order valence-corrected chi connectivity index (χ0v) is 13.9. The number of fused-ring (bicyclic) bond motifs is 5. The Balaban J connectivity index is 1.63. The van der Waals surface area contributed by atoms with Gasteiger partial charge < -0.3 is 5.11 Å². The lowest BCUT2D eigenvalue weighted by Crippen LogP contribution is -2.58. The van der Waals surface area contributed by atoms with E-state index >= 15 is 4.39 Å². The van der Waals surface area contributed by atoms with Gasteiger partial charge in [-0.3, -0.25) is 4.79 Å². The van der Waals surface area contributed by atoms with Crippen LogP contribution in [0.5, 0.6) is 0 Å². The smallest absolute Gasteiger partial charge is 0.139 e. The Morgan fingerprint density at radius 2 is 1.82 bits per heavy atom. The fraction of sp³-hybridized carbons (Fsp3) is 0.947. The van der Waals surface area contributed by atoms with Gasteiger partial charge in [0.2, 0.25) is 0 Å². The van der Waals surface area contributed by atoms with Crippen molar-refractivity contribution in [3.63, 3.8) is 0 Å². The van der Waals surface area contributed by atoms with Crippen molar-refractivity contribution in [2.24, 2.45) is 29.1 Å². The predicted octanol–water partition coefficient (Wildman–Crippen LogP) is 4.05. The van der Waals surface area contributed by atoms with Crippen molar-refractivity contribution in [1.29, 1.82) is 0 Å². The lowest BCUT2D eigenvalue weighted by Gasteiger charge is -2.58. The molecule has 124 valence electrons. The normalized spacial score (nSPS) is 57.9. The number of hydrogen-bond acceptors (Lipinski definition) is 2. The second kappa shape index (κ2) is 4.55. The molecular formula is C19H29FO2. The summed E-state index contributed by atoms with van der Waals surface area (Å²) >= 11 is 0. The van der Waals surface area contributed by atoms with Crippen LogP contribution in [0.2, 0.25) is 0 Å². The molecule has 0 unspecified atom stereocenters. The first-order valence-corrected chi connectivity index (χ1v) is 9.21. The highest BCUT2D eigenvalue weighted by molar-refractivity contribution is 5.87. The lowest BCUT2D eigenvalue weighted by molar-refractivity contribution is -0.164. The third-order valence-electron chi connectivity index (χ3n) is 8.02. The molecule has 0 bridgehead atoms. The van der Waals surface area contributed by atoms with Crippen LogP contribution < -0.4 is 0 Å².